The van der Waals surface area contributed by atoms with Gasteiger partial charge in [0.25, 0.3) is 0 Å². The normalized spacial score (nSPS) is 23.3. The van der Waals surface area contributed by atoms with Crippen LogP contribution in [0.15, 0.2) is 5.38 Å². The third-order valence-electron chi connectivity index (χ3n) is 2.35. The fourth-order valence-corrected chi connectivity index (χ4v) is 2.82. The van der Waals surface area contributed by atoms with Crippen molar-refractivity contribution in [2.75, 3.05) is 13.1 Å². The van der Waals surface area contributed by atoms with Gasteiger partial charge in [-0.25, -0.2) is 4.98 Å². The highest BCUT2D eigenvalue weighted by atomic mass is 35.5. The van der Waals surface area contributed by atoms with Crippen molar-refractivity contribution >= 4 is 22.9 Å². The Balaban J connectivity index is 2.05. The lowest BCUT2D eigenvalue weighted by atomic mass is 10.0. The number of piperidine rings is 1. The molecule has 0 radical (unpaired) electrons. The average Bonchev–Trinajstić information content (AvgIpc) is 2.67. The monoisotopic (exact) mass is 216 g/mol. The number of hydrogen-bond donors (Lipinski definition) is 1. The molecule has 1 unspecified atom stereocenters. The predicted molar refractivity (Wildman–Crippen MR) is 56.5 cm³/mol. The molecule has 4 heteroatoms. The third kappa shape index (κ3) is 2.22. The molecule has 1 saturated heterocycles. The van der Waals surface area contributed by atoms with Crippen LogP contribution < -0.4 is 5.32 Å². The fourth-order valence-electron chi connectivity index (χ4n) is 1.63. The second-order valence-electron chi connectivity index (χ2n) is 3.35. The summed E-state index contributed by atoms with van der Waals surface area (Å²) in [6, 6.07) is 0. The van der Waals surface area contributed by atoms with Gasteiger partial charge in [0, 0.05) is 17.8 Å². The van der Waals surface area contributed by atoms with Gasteiger partial charge in [0.15, 0.2) is 0 Å². The maximum atomic E-state index is 5.71. The molecule has 0 amide bonds. The maximum absolute atomic E-state index is 5.71. The first-order valence-electron chi connectivity index (χ1n) is 4.61. The zero-order chi connectivity index (χ0) is 9.10. The van der Waals surface area contributed by atoms with Gasteiger partial charge >= 0.3 is 0 Å². The molecule has 72 valence electrons. The lowest BCUT2D eigenvalue weighted by molar-refractivity contribution is 0.460. The molecule has 1 aromatic rings. The first kappa shape index (κ1) is 9.44. The highest BCUT2D eigenvalue weighted by molar-refractivity contribution is 7.09. The van der Waals surface area contributed by atoms with Gasteiger partial charge < -0.3 is 5.32 Å². The second kappa shape index (κ2) is 4.40. The first-order valence-corrected chi connectivity index (χ1v) is 6.02. The van der Waals surface area contributed by atoms with E-state index >= 15 is 0 Å². The van der Waals surface area contributed by atoms with Crippen molar-refractivity contribution in [1.29, 1.82) is 0 Å². The van der Waals surface area contributed by atoms with E-state index in [9.17, 15) is 0 Å². The van der Waals surface area contributed by atoms with Gasteiger partial charge in [0.05, 0.1) is 16.6 Å². The number of alkyl halides is 1. The molecule has 1 aromatic heterocycles. The molecule has 0 aromatic carbocycles. The topological polar surface area (TPSA) is 24.9 Å². The zero-order valence-electron chi connectivity index (χ0n) is 7.42. The Bertz CT molecular complexity index is 268. The van der Waals surface area contributed by atoms with Crippen LogP contribution in [0.4, 0.5) is 0 Å². The van der Waals surface area contributed by atoms with Crippen LogP contribution in [0.2, 0.25) is 0 Å². The first-order chi connectivity index (χ1) is 6.40. The molecule has 1 atom stereocenters. The van der Waals surface area contributed by atoms with Gasteiger partial charge in [-0.05, 0) is 19.4 Å². The Morgan fingerprint density at radius 1 is 1.69 bits per heavy atom. The van der Waals surface area contributed by atoms with Crippen molar-refractivity contribution in [3.8, 4) is 0 Å². The maximum Gasteiger partial charge on any atom is 0.0972 e. The van der Waals surface area contributed by atoms with Crippen LogP contribution in [0.1, 0.15) is 29.5 Å². The summed E-state index contributed by atoms with van der Waals surface area (Å²) in [4.78, 5) is 4.50. The SMILES string of the molecule is ClCc1csc(C2CCCNC2)n1. The summed E-state index contributed by atoms with van der Waals surface area (Å²) in [6.07, 6.45) is 2.53. The minimum absolute atomic E-state index is 0.538. The van der Waals surface area contributed by atoms with E-state index < -0.39 is 0 Å². The standard InChI is InChI=1S/C9H13ClN2S/c10-4-8-6-13-9(12-8)7-2-1-3-11-5-7/h6-7,11H,1-5H2. The minimum atomic E-state index is 0.538. The molecule has 1 N–H and O–H groups in total. The summed E-state index contributed by atoms with van der Waals surface area (Å²) in [5, 5.41) is 6.71. The fraction of sp³-hybridized carbons (Fsp3) is 0.667. The lowest BCUT2D eigenvalue weighted by Gasteiger charge is -2.20. The lowest BCUT2D eigenvalue weighted by Crippen LogP contribution is -2.28. The summed E-state index contributed by atoms with van der Waals surface area (Å²) in [6.45, 7) is 2.24. The van der Waals surface area contributed by atoms with Crippen LogP contribution in [-0.4, -0.2) is 18.1 Å². The number of nitrogens with zero attached hydrogens (tertiary/aromatic N) is 1. The number of halogens is 1. The van der Waals surface area contributed by atoms with E-state index in [1.807, 2.05) is 0 Å². The smallest absolute Gasteiger partial charge is 0.0972 e. The van der Waals surface area contributed by atoms with Crippen LogP contribution in [0.3, 0.4) is 0 Å². The van der Waals surface area contributed by atoms with E-state index in [0.29, 0.717) is 11.8 Å². The van der Waals surface area contributed by atoms with E-state index in [-0.39, 0.29) is 0 Å². The van der Waals surface area contributed by atoms with Crippen molar-refractivity contribution < 1.29 is 0 Å². The summed E-state index contributed by atoms with van der Waals surface area (Å²) < 4.78 is 0. The number of rotatable bonds is 2. The minimum Gasteiger partial charge on any atom is -0.316 e. The van der Waals surface area contributed by atoms with Crippen molar-refractivity contribution in [3.05, 3.63) is 16.1 Å². The average molecular weight is 217 g/mol. The van der Waals surface area contributed by atoms with Gasteiger partial charge in [0.1, 0.15) is 0 Å². The Labute approximate surface area is 87.3 Å². The van der Waals surface area contributed by atoms with E-state index in [2.05, 4.69) is 15.7 Å². The van der Waals surface area contributed by atoms with Crippen molar-refractivity contribution in [1.82, 2.24) is 10.3 Å². The van der Waals surface area contributed by atoms with Crippen LogP contribution in [-0.2, 0) is 5.88 Å². The molecule has 0 aliphatic carbocycles. The van der Waals surface area contributed by atoms with Gasteiger partial charge in [-0.2, -0.15) is 0 Å². The Morgan fingerprint density at radius 3 is 3.23 bits per heavy atom. The largest absolute Gasteiger partial charge is 0.316 e. The number of thiazole rings is 1. The number of hydrogen-bond acceptors (Lipinski definition) is 3. The van der Waals surface area contributed by atoms with Gasteiger partial charge in [-0.15, -0.1) is 22.9 Å². The quantitative estimate of drug-likeness (QED) is 0.768. The molecule has 1 aliphatic heterocycles. The molecule has 2 nitrogen and oxygen atoms in total. The van der Waals surface area contributed by atoms with Crippen molar-refractivity contribution in [3.63, 3.8) is 0 Å². The van der Waals surface area contributed by atoms with Crippen LogP contribution in [0.5, 0.6) is 0 Å². The number of aromatic nitrogens is 1. The van der Waals surface area contributed by atoms with Crippen LogP contribution >= 0.6 is 22.9 Å². The van der Waals surface area contributed by atoms with Crippen molar-refractivity contribution in [2.24, 2.45) is 0 Å². The van der Waals surface area contributed by atoms with Crippen molar-refractivity contribution in [2.45, 2.75) is 24.6 Å². The summed E-state index contributed by atoms with van der Waals surface area (Å²) in [5.41, 5.74) is 1.02. The molecule has 2 rings (SSSR count). The number of nitrogens with one attached hydrogen (secondary N) is 1. The molecule has 0 bridgehead atoms. The molecule has 1 fully saturated rings. The second-order valence-corrected chi connectivity index (χ2v) is 4.51. The third-order valence-corrected chi connectivity index (χ3v) is 3.68. The van der Waals surface area contributed by atoms with Gasteiger partial charge in [-0.1, -0.05) is 0 Å². The highest BCUT2D eigenvalue weighted by Crippen LogP contribution is 2.26. The zero-order valence-corrected chi connectivity index (χ0v) is 9.00. The van der Waals surface area contributed by atoms with E-state index in [0.717, 1.165) is 18.8 Å². The summed E-state index contributed by atoms with van der Waals surface area (Å²) in [5.74, 6) is 1.16. The Kier molecular flexibility index (Phi) is 3.19. The predicted octanol–water partition coefficient (Wildman–Crippen LogP) is 2.35. The van der Waals surface area contributed by atoms with E-state index in [4.69, 9.17) is 11.6 Å². The molecule has 2 heterocycles. The molecule has 0 spiro atoms. The van der Waals surface area contributed by atoms with Gasteiger partial charge in [0.2, 0.25) is 0 Å². The highest BCUT2D eigenvalue weighted by Gasteiger charge is 2.17. The summed E-state index contributed by atoms with van der Waals surface area (Å²) in [7, 11) is 0. The molecular weight excluding hydrogens is 204 g/mol. The molecule has 1 aliphatic rings. The molecule has 0 saturated carbocycles. The molecular formula is C9H13ClN2S. The Morgan fingerprint density at radius 2 is 2.62 bits per heavy atom. The molecule has 13 heavy (non-hydrogen) atoms. The van der Waals surface area contributed by atoms with E-state index in [1.165, 1.54) is 17.8 Å². The van der Waals surface area contributed by atoms with E-state index in [1.54, 1.807) is 11.3 Å². The Hall–Kier alpha value is -0.120. The summed E-state index contributed by atoms with van der Waals surface area (Å²) >= 11 is 7.45. The van der Waals surface area contributed by atoms with Crippen LogP contribution in [0, 0.1) is 0 Å². The van der Waals surface area contributed by atoms with Crippen LogP contribution in [0.25, 0.3) is 0 Å². The van der Waals surface area contributed by atoms with Gasteiger partial charge in [-0.3, -0.25) is 0 Å².